The van der Waals surface area contributed by atoms with Gasteiger partial charge in [-0.2, -0.15) is 0 Å². The molecule has 1 aromatic carbocycles. The highest BCUT2D eigenvalue weighted by atomic mass is 16.6. The number of hydrogen-bond acceptors (Lipinski definition) is 4. The van der Waals surface area contributed by atoms with Crippen LogP contribution in [0.5, 0.6) is 0 Å². The van der Waals surface area contributed by atoms with Crippen LogP contribution < -0.4 is 5.73 Å². The van der Waals surface area contributed by atoms with Crippen molar-refractivity contribution in [1.29, 1.82) is 0 Å². The van der Waals surface area contributed by atoms with E-state index >= 15 is 0 Å². The van der Waals surface area contributed by atoms with Crippen molar-refractivity contribution in [1.82, 2.24) is 4.98 Å². The quantitative estimate of drug-likeness (QED) is 0.670. The van der Waals surface area contributed by atoms with E-state index in [2.05, 4.69) is 18.8 Å². The number of rotatable bonds is 5. The van der Waals surface area contributed by atoms with Crippen molar-refractivity contribution in [2.24, 2.45) is 11.7 Å². The maximum Gasteiger partial charge on any atom is 0.295 e. The Morgan fingerprint density at radius 1 is 1.35 bits per heavy atom. The number of nitro benzene ring substituents is 1. The molecule has 1 heterocycles. The lowest BCUT2D eigenvalue weighted by molar-refractivity contribution is -0.383. The van der Waals surface area contributed by atoms with E-state index < -0.39 is 4.92 Å². The first-order valence-electron chi connectivity index (χ1n) is 6.75. The van der Waals surface area contributed by atoms with Gasteiger partial charge in [0.25, 0.3) is 5.69 Å². The number of aromatic nitrogens is 1. The molecule has 0 aliphatic carbocycles. The molecule has 5 nitrogen and oxygen atoms in total. The van der Waals surface area contributed by atoms with Gasteiger partial charge in [-0.05, 0) is 30.4 Å². The van der Waals surface area contributed by atoms with E-state index in [1.54, 1.807) is 18.3 Å². The topological polar surface area (TPSA) is 82.0 Å². The van der Waals surface area contributed by atoms with E-state index in [1.807, 2.05) is 6.07 Å². The van der Waals surface area contributed by atoms with Crippen LogP contribution >= 0.6 is 0 Å². The van der Waals surface area contributed by atoms with E-state index in [9.17, 15) is 10.1 Å². The lowest BCUT2D eigenvalue weighted by atomic mass is 9.95. The Bertz CT molecular complexity index is 626. The first-order chi connectivity index (χ1) is 9.49. The molecule has 0 bridgehead atoms. The van der Waals surface area contributed by atoms with E-state index in [0.29, 0.717) is 17.9 Å². The van der Waals surface area contributed by atoms with Gasteiger partial charge in [0, 0.05) is 23.7 Å². The number of nitro groups is 1. The van der Waals surface area contributed by atoms with Crippen LogP contribution in [0, 0.1) is 16.0 Å². The van der Waals surface area contributed by atoms with E-state index in [4.69, 9.17) is 5.73 Å². The number of benzene rings is 1. The number of nitrogens with zero attached hydrogens (tertiary/aromatic N) is 2. The minimum absolute atomic E-state index is 0.0433. The normalized spacial score (nSPS) is 12.8. The fraction of sp³-hybridized carbons (Fsp3) is 0.400. The molecule has 0 spiro atoms. The highest BCUT2D eigenvalue weighted by Gasteiger charge is 2.16. The van der Waals surface area contributed by atoms with E-state index in [1.165, 1.54) is 6.07 Å². The van der Waals surface area contributed by atoms with Crippen LogP contribution in [0.15, 0.2) is 30.5 Å². The Labute approximate surface area is 118 Å². The second-order valence-electron chi connectivity index (χ2n) is 5.49. The Morgan fingerprint density at radius 3 is 2.75 bits per heavy atom. The summed E-state index contributed by atoms with van der Waals surface area (Å²) in [5, 5.41) is 11.9. The van der Waals surface area contributed by atoms with Crippen LogP contribution in [0.4, 0.5) is 5.69 Å². The zero-order valence-electron chi connectivity index (χ0n) is 11.7. The molecule has 0 aliphatic heterocycles. The number of fused-ring (bicyclic) bond motifs is 1. The predicted molar refractivity (Wildman–Crippen MR) is 79.5 cm³/mol. The summed E-state index contributed by atoms with van der Waals surface area (Å²) in [5.74, 6) is 0.535. The molecule has 0 fully saturated rings. The molecule has 2 N–H and O–H groups in total. The summed E-state index contributed by atoms with van der Waals surface area (Å²) in [6.45, 7) is 4.27. The maximum absolute atomic E-state index is 11.0. The maximum atomic E-state index is 11.0. The molecule has 1 aromatic heterocycles. The van der Waals surface area contributed by atoms with Gasteiger partial charge >= 0.3 is 0 Å². The van der Waals surface area contributed by atoms with Crippen LogP contribution in [0.2, 0.25) is 0 Å². The van der Waals surface area contributed by atoms with Crippen LogP contribution in [-0.4, -0.2) is 15.9 Å². The summed E-state index contributed by atoms with van der Waals surface area (Å²) in [4.78, 5) is 14.8. The summed E-state index contributed by atoms with van der Waals surface area (Å²) in [6, 6.07) is 7.03. The first kappa shape index (κ1) is 14.4. The van der Waals surface area contributed by atoms with Gasteiger partial charge in [-0.15, -0.1) is 0 Å². The fourth-order valence-electron chi connectivity index (χ4n) is 2.51. The molecular weight excluding hydrogens is 254 g/mol. The smallest absolute Gasteiger partial charge is 0.295 e. The molecule has 0 saturated heterocycles. The molecule has 5 heteroatoms. The number of non-ortho nitro benzene ring substituents is 1. The van der Waals surface area contributed by atoms with Crippen LogP contribution in [0.3, 0.4) is 0 Å². The third-order valence-electron chi connectivity index (χ3n) is 3.29. The SMILES string of the molecule is CC(C)CC(N)Cc1ccc([N+](=O)[O-])c2ncccc12. The van der Waals surface area contributed by atoms with Gasteiger partial charge in [0.1, 0.15) is 5.52 Å². The Hall–Kier alpha value is -2.01. The number of nitrogens with two attached hydrogens (primary N) is 1. The lowest BCUT2D eigenvalue weighted by Crippen LogP contribution is -2.24. The zero-order valence-corrected chi connectivity index (χ0v) is 11.7. The largest absolute Gasteiger partial charge is 0.327 e. The molecule has 2 aromatic rings. The molecule has 0 aliphatic rings. The van der Waals surface area contributed by atoms with Gasteiger partial charge in [0.05, 0.1) is 4.92 Å². The lowest BCUT2D eigenvalue weighted by Gasteiger charge is -2.15. The molecule has 20 heavy (non-hydrogen) atoms. The molecular formula is C15H19N3O2. The van der Waals surface area contributed by atoms with Gasteiger partial charge in [-0.3, -0.25) is 10.1 Å². The van der Waals surface area contributed by atoms with Crippen molar-refractivity contribution >= 4 is 16.6 Å². The van der Waals surface area contributed by atoms with Gasteiger partial charge in [0.2, 0.25) is 0 Å². The summed E-state index contributed by atoms with van der Waals surface area (Å²) in [5.41, 5.74) is 7.64. The van der Waals surface area contributed by atoms with Gasteiger partial charge in [-0.1, -0.05) is 26.0 Å². The van der Waals surface area contributed by atoms with Crippen molar-refractivity contribution in [2.75, 3.05) is 0 Å². The monoisotopic (exact) mass is 273 g/mol. The molecule has 0 radical (unpaired) electrons. The molecule has 1 atom stereocenters. The summed E-state index contributed by atoms with van der Waals surface area (Å²) in [6.07, 6.45) is 3.21. The van der Waals surface area contributed by atoms with E-state index in [-0.39, 0.29) is 11.7 Å². The number of hydrogen-bond donors (Lipinski definition) is 1. The Balaban J connectivity index is 2.40. The second kappa shape index (κ2) is 5.96. The first-order valence-corrected chi connectivity index (χ1v) is 6.75. The predicted octanol–water partition coefficient (Wildman–Crippen LogP) is 3.06. The molecule has 106 valence electrons. The minimum Gasteiger partial charge on any atom is -0.327 e. The molecule has 1 unspecified atom stereocenters. The van der Waals surface area contributed by atoms with Gasteiger partial charge in [-0.25, -0.2) is 4.98 Å². The average Bonchev–Trinajstić information content (AvgIpc) is 2.37. The standard InChI is InChI=1S/C15H19N3O2/c1-10(2)8-12(16)9-11-5-6-14(18(19)20)15-13(11)4-3-7-17-15/h3-7,10,12H,8-9,16H2,1-2H3. The molecule has 2 rings (SSSR count). The van der Waals surface area contributed by atoms with E-state index in [0.717, 1.165) is 17.4 Å². The molecule has 0 amide bonds. The Morgan fingerprint density at radius 2 is 2.10 bits per heavy atom. The van der Waals surface area contributed by atoms with Crippen LogP contribution in [0.1, 0.15) is 25.8 Å². The van der Waals surface area contributed by atoms with Crippen molar-refractivity contribution in [3.05, 3.63) is 46.1 Å². The summed E-state index contributed by atoms with van der Waals surface area (Å²) in [7, 11) is 0. The zero-order chi connectivity index (χ0) is 14.7. The van der Waals surface area contributed by atoms with Crippen molar-refractivity contribution < 1.29 is 4.92 Å². The third-order valence-corrected chi connectivity index (χ3v) is 3.29. The van der Waals surface area contributed by atoms with Crippen molar-refractivity contribution in [2.45, 2.75) is 32.7 Å². The third kappa shape index (κ3) is 3.11. The van der Waals surface area contributed by atoms with Gasteiger partial charge < -0.3 is 5.73 Å². The van der Waals surface area contributed by atoms with Crippen molar-refractivity contribution in [3.63, 3.8) is 0 Å². The number of pyridine rings is 1. The minimum atomic E-state index is -0.396. The fourth-order valence-corrected chi connectivity index (χ4v) is 2.51. The van der Waals surface area contributed by atoms with Crippen LogP contribution in [0.25, 0.3) is 10.9 Å². The average molecular weight is 273 g/mol. The Kier molecular flexibility index (Phi) is 4.29. The summed E-state index contributed by atoms with van der Waals surface area (Å²) >= 11 is 0. The summed E-state index contributed by atoms with van der Waals surface area (Å²) < 4.78 is 0. The highest BCUT2D eigenvalue weighted by Crippen LogP contribution is 2.27. The second-order valence-corrected chi connectivity index (χ2v) is 5.49. The van der Waals surface area contributed by atoms with Crippen LogP contribution in [-0.2, 0) is 6.42 Å². The highest BCUT2D eigenvalue weighted by molar-refractivity contribution is 5.89. The van der Waals surface area contributed by atoms with Gasteiger partial charge in [0.15, 0.2) is 0 Å². The van der Waals surface area contributed by atoms with Crippen molar-refractivity contribution in [3.8, 4) is 0 Å². The molecule has 0 saturated carbocycles.